The van der Waals surface area contributed by atoms with Gasteiger partial charge in [0.25, 0.3) is 0 Å². The summed E-state index contributed by atoms with van der Waals surface area (Å²) in [6.07, 6.45) is 26.6. The van der Waals surface area contributed by atoms with Crippen molar-refractivity contribution in [3.63, 3.8) is 0 Å². The average Bonchev–Trinajstić information content (AvgIpc) is 2.70. The number of unbranched alkanes of at least 4 members (excludes halogenated alkanes) is 5. The van der Waals surface area contributed by atoms with Crippen LogP contribution in [0.15, 0.2) is 0 Å². The summed E-state index contributed by atoms with van der Waals surface area (Å²) in [5.74, 6) is 3.44. The lowest BCUT2D eigenvalue weighted by Gasteiger charge is -2.36. The van der Waals surface area contributed by atoms with Gasteiger partial charge in [0.15, 0.2) is 0 Å². The van der Waals surface area contributed by atoms with E-state index in [-0.39, 0.29) is 0 Å². The predicted molar refractivity (Wildman–Crippen MR) is 113 cm³/mol. The Hall–Kier alpha value is -0.510. The van der Waals surface area contributed by atoms with Crippen LogP contribution in [-0.4, -0.2) is 0 Å². The Bertz CT molecular complexity index is 368. The second-order valence-corrected chi connectivity index (χ2v) is 9.49. The molecule has 0 bridgehead atoms. The summed E-state index contributed by atoms with van der Waals surface area (Å²) >= 11 is 0. The first-order valence-corrected chi connectivity index (χ1v) is 12.2. The minimum atomic E-state index is 0.333. The highest BCUT2D eigenvalue weighted by atomic mass is 14.3. The van der Waals surface area contributed by atoms with Gasteiger partial charge in [0.2, 0.25) is 0 Å². The summed E-state index contributed by atoms with van der Waals surface area (Å²) in [7, 11) is 0. The molecule has 1 nitrogen and oxygen atoms in total. The van der Waals surface area contributed by atoms with Crippen LogP contribution in [0.4, 0.5) is 0 Å². The van der Waals surface area contributed by atoms with E-state index in [1.54, 1.807) is 0 Å². The van der Waals surface area contributed by atoms with E-state index in [1.165, 1.54) is 109 Å². The van der Waals surface area contributed by atoms with Gasteiger partial charge in [0.1, 0.15) is 0 Å². The summed E-state index contributed by atoms with van der Waals surface area (Å²) in [6.45, 7) is 2.27. The van der Waals surface area contributed by atoms with Gasteiger partial charge in [-0.15, -0.1) is 0 Å². The lowest BCUT2D eigenvalue weighted by molar-refractivity contribution is 0.162. The number of hydrogen-bond acceptors (Lipinski definition) is 1. The first-order chi connectivity index (χ1) is 12.8. The maximum absolute atomic E-state index is 9.43. The van der Waals surface area contributed by atoms with Crippen LogP contribution in [0.1, 0.15) is 129 Å². The molecule has 2 aliphatic rings. The van der Waals surface area contributed by atoms with E-state index in [4.69, 9.17) is 0 Å². The van der Waals surface area contributed by atoms with Crippen molar-refractivity contribution in [2.75, 3.05) is 0 Å². The molecule has 0 radical (unpaired) electrons. The molecule has 1 heteroatoms. The Kier molecular flexibility index (Phi) is 11.4. The van der Waals surface area contributed by atoms with Crippen LogP contribution in [0, 0.1) is 35.0 Å². The van der Waals surface area contributed by atoms with Crippen LogP contribution in [0.5, 0.6) is 0 Å². The molecule has 150 valence electrons. The molecular weight excluding hydrogens is 314 g/mol. The highest BCUT2D eigenvalue weighted by Gasteiger charge is 2.28. The van der Waals surface area contributed by atoms with Crippen LogP contribution in [0.2, 0.25) is 0 Å². The molecule has 0 amide bonds. The number of nitriles is 1. The van der Waals surface area contributed by atoms with Gasteiger partial charge in [0, 0.05) is 5.92 Å². The largest absolute Gasteiger partial charge is 0.198 e. The summed E-state index contributed by atoms with van der Waals surface area (Å²) in [5, 5.41) is 9.43. The van der Waals surface area contributed by atoms with Crippen molar-refractivity contribution >= 4 is 0 Å². The number of hydrogen-bond donors (Lipinski definition) is 0. The molecule has 0 heterocycles. The summed E-state index contributed by atoms with van der Waals surface area (Å²) in [4.78, 5) is 0. The number of nitrogens with zero attached hydrogens (tertiary/aromatic N) is 1. The van der Waals surface area contributed by atoms with Gasteiger partial charge in [0.05, 0.1) is 6.07 Å². The van der Waals surface area contributed by atoms with E-state index in [2.05, 4.69) is 13.0 Å². The minimum Gasteiger partial charge on any atom is -0.198 e. The molecule has 0 saturated heterocycles. The van der Waals surface area contributed by atoms with Gasteiger partial charge in [-0.25, -0.2) is 0 Å². The highest BCUT2D eigenvalue weighted by molar-refractivity contribution is 4.84. The fraction of sp³-hybridized carbons (Fsp3) is 0.960. The van der Waals surface area contributed by atoms with Crippen molar-refractivity contribution in [2.45, 2.75) is 129 Å². The molecule has 0 aromatic heterocycles. The maximum Gasteiger partial charge on any atom is 0.0655 e. The van der Waals surface area contributed by atoms with Crippen LogP contribution in [-0.2, 0) is 0 Å². The molecule has 0 aromatic rings. The molecule has 0 aromatic carbocycles. The second-order valence-electron chi connectivity index (χ2n) is 9.49. The van der Waals surface area contributed by atoms with Crippen LogP contribution in [0.3, 0.4) is 0 Å². The SMILES string of the molecule is CCCCCCCCC(C#N)CCC[C@H]1CC[C@H](C2CCCCC2)CC1. The molecule has 0 aliphatic heterocycles. The topological polar surface area (TPSA) is 23.8 Å². The fourth-order valence-electron chi connectivity index (χ4n) is 5.65. The van der Waals surface area contributed by atoms with Crippen molar-refractivity contribution in [1.29, 1.82) is 5.26 Å². The molecular formula is C25H45N. The Morgan fingerprint density at radius 1 is 0.731 bits per heavy atom. The molecule has 2 rings (SSSR count). The monoisotopic (exact) mass is 359 g/mol. The third kappa shape index (κ3) is 8.45. The van der Waals surface area contributed by atoms with E-state index in [1.807, 2.05) is 0 Å². The van der Waals surface area contributed by atoms with Crippen molar-refractivity contribution < 1.29 is 0 Å². The first kappa shape index (κ1) is 21.8. The molecule has 1 atom stereocenters. The lowest BCUT2D eigenvalue weighted by Crippen LogP contribution is -2.23. The first-order valence-electron chi connectivity index (χ1n) is 12.2. The summed E-state index contributed by atoms with van der Waals surface area (Å²) in [5.41, 5.74) is 0. The smallest absolute Gasteiger partial charge is 0.0655 e. The van der Waals surface area contributed by atoms with Crippen LogP contribution >= 0.6 is 0 Å². The Labute approximate surface area is 164 Å². The third-order valence-electron chi connectivity index (χ3n) is 7.46. The Morgan fingerprint density at radius 3 is 2.04 bits per heavy atom. The molecule has 2 saturated carbocycles. The van der Waals surface area contributed by atoms with Crippen molar-refractivity contribution in [3.05, 3.63) is 0 Å². The van der Waals surface area contributed by atoms with E-state index >= 15 is 0 Å². The minimum absolute atomic E-state index is 0.333. The molecule has 2 fully saturated rings. The molecule has 2 aliphatic carbocycles. The van der Waals surface area contributed by atoms with Crippen molar-refractivity contribution in [3.8, 4) is 6.07 Å². The second kappa shape index (κ2) is 13.6. The van der Waals surface area contributed by atoms with Crippen LogP contribution < -0.4 is 0 Å². The third-order valence-corrected chi connectivity index (χ3v) is 7.46. The quantitative estimate of drug-likeness (QED) is 0.321. The summed E-state index contributed by atoms with van der Waals surface area (Å²) < 4.78 is 0. The van der Waals surface area contributed by atoms with Crippen molar-refractivity contribution in [2.24, 2.45) is 23.7 Å². The molecule has 26 heavy (non-hydrogen) atoms. The van der Waals surface area contributed by atoms with Gasteiger partial charge in [-0.1, -0.05) is 103 Å². The Balaban J connectivity index is 1.50. The highest BCUT2D eigenvalue weighted by Crippen LogP contribution is 2.41. The van der Waals surface area contributed by atoms with Gasteiger partial charge in [-0.2, -0.15) is 5.26 Å². The van der Waals surface area contributed by atoms with Crippen molar-refractivity contribution in [1.82, 2.24) is 0 Å². The van der Waals surface area contributed by atoms with E-state index in [9.17, 15) is 5.26 Å². The predicted octanol–water partition coefficient (Wildman–Crippen LogP) is 8.43. The van der Waals surface area contributed by atoms with Gasteiger partial charge >= 0.3 is 0 Å². The van der Waals surface area contributed by atoms with E-state index in [0.717, 1.165) is 30.6 Å². The van der Waals surface area contributed by atoms with Gasteiger partial charge in [-0.05, 0) is 43.4 Å². The molecule has 0 N–H and O–H groups in total. The average molecular weight is 360 g/mol. The fourth-order valence-corrected chi connectivity index (χ4v) is 5.65. The maximum atomic E-state index is 9.43. The summed E-state index contributed by atoms with van der Waals surface area (Å²) in [6, 6.07) is 2.59. The Morgan fingerprint density at radius 2 is 1.35 bits per heavy atom. The zero-order valence-corrected chi connectivity index (χ0v) is 17.7. The zero-order chi connectivity index (χ0) is 18.5. The number of rotatable bonds is 12. The lowest BCUT2D eigenvalue weighted by atomic mass is 9.70. The molecule has 0 spiro atoms. The molecule has 1 unspecified atom stereocenters. The van der Waals surface area contributed by atoms with Gasteiger partial charge < -0.3 is 0 Å². The van der Waals surface area contributed by atoms with E-state index in [0.29, 0.717) is 5.92 Å². The van der Waals surface area contributed by atoms with E-state index < -0.39 is 0 Å². The normalized spacial score (nSPS) is 25.7. The van der Waals surface area contributed by atoms with Gasteiger partial charge in [-0.3, -0.25) is 0 Å². The standard InChI is InChI=1S/C25H45N/c1-2-3-4-5-6-8-12-23(21-26)14-11-13-22-17-19-25(20-18-22)24-15-9-7-10-16-24/h22-25H,2-20H2,1H3/t22-,23?,25-. The zero-order valence-electron chi connectivity index (χ0n) is 17.7. The van der Waals surface area contributed by atoms with Crippen LogP contribution in [0.25, 0.3) is 0 Å².